The van der Waals surface area contributed by atoms with Gasteiger partial charge in [-0.1, -0.05) is 24.3 Å². The third kappa shape index (κ3) is 4.44. The minimum absolute atomic E-state index is 0.152. The molecule has 1 heterocycles. The zero-order valence-electron chi connectivity index (χ0n) is 14.8. The van der Waals surface area contributed by atoms with E-state index in [4.69, 9.17) is 4.74 Å². The largest absolute Gasteiger partial charge is 0.495 e. The van der Waals surface area contributed by atoms with Gasteiger partial charge in [-0.15, -0.1) is 0 Å². The summed E-state index contributed by atoms with van der Waals surface area (Å²) in [6.45, 7) is 4.58. The number of nitrogens with zero attached hydrogens (tertiary/aromatic N) is 1. The Morgan fingerprint density at radius 1 is 1.24 bits per heavy atom. The van der Waals surface area contributed by atoms with Crippen molar-refractivity contribution < 1.29 is 9.53 Å². The van der Waals surface area contributed by atoms with Crippen LogP contribution in [-0.4, -0.2) is 32.8 Å². The van der Waals surface area contributed by atoms with Gasteiger partial charge in [-0.05, 0) is 49.1 Å². The van der Waals surface area contributed by atoms with Gasteiger partial charge in [-0.3, -0.25) is 0 Å². The average molecular weight is 339 g/mol. The van der Waals surface area contributed by atoms with Crippen LogP contribution in [0.1, 0.15) is 12.0 Å². The lowest BCUT2D eigenvalue weighted by molar-refractivity contribution is 0.250. The van der Waals surface area contributed by atoms with Gasteiger partial charge < -0.3 is 20.3 Å². The molecule has 2 N–H and O–H groups in total. The van der Waals surface area contributed by atoms with E-state index >= 15 is 0 Å². The molecule has 0 unspecified atom stereocenters. The van der Waals surface area contributed by atoms with Gasteiger partial charge in [0, 0.05) is 25.3 Å². The Balaban J connectivity index is 1.49. The lowest BCUT2D eigenvalue weighted by Crippen LogP contribution is -2.34. The van der Waals surface area contributed by atoms with Gasteiger partial charge in [-0.25, -0.2) is 4.79 Å². The predicted molar refractivity (Wildman–Crippen MR) is 102 cm³/mol. The first-order valence-electron chi connectivity index (χ1n) is 8.65. The highest BCUT2D eigenvalue weighted by Crippen LogP contribution is 2.31. The van der Waals surface area contributed by atoms with Gasteiger partial charge in [-0.2, -0.15) is 0 Å². The molecule has 1 aliphatic heterocycles. The van der Waals surface area contributed by atoms with Crippen molar-refractivity contribution in [2.45, 2.75) is 13.3 Å². The number of urea groups is 1. The highest BCUT2D eigenvalue weighted by atomic mass is 16.5. The number of aryl methyl sites for hydroxylation is 1. The first-order valence-corrected chi connectivity index (χ1v) is 8.65. The summed E-state index contributed by atoms with van der Waals surface area (Å²) in [6.07, 6.45) is 1.06. The number of nitrogens with one attached hydrogen (secondary N) is 2. The third-order valence-electron chi connectivity index (χ3n) is 4.54. The minimum atomic E-state index is -0.152. The van der Waals surface area contributed by atoms with Crippen molar-refractivity contribution in [3.8, 4) is 5.75 Å². The third-order valence-corrected chi connectivity index (χ3v) is 4.54. The summed E-state index contributed by atoms with van der Waals surface area (Å²) in [4.78, 5) is 14.4. The number of anilines is 2. The summed E-state index contributed by atoms with van der Waals surface area (Å²) >= 11 is 0. The number of hydrogen-bond donors (Lipinski definition) is 2. The normalized spacial score (nSPS) is 16.6. The Kier molecular flexibility index (Phi) is 5.43. The van der Waals surface area contributed by atoms with E-state index in [1.807, 2.05) is 49.4 Å². The SMILES string of the molecule is COc1ccccc1N1CC[C@@H](CNC(=O)Nc2cccc(C)c2)C1. The van der Waals surface area contributed by atoms with Crippen LogP contribution in [0.4, 0.5) is 16.2 Å². The molecule has 5 nitrogen and oxygen atoms in total. The number of amides is 2. The van der Waals surface area contributed by atoms with E-state index in [9.17, 15) is 4.79 Å². The van der Waals surface area contributed by atoms with Gasteiger partial charge in [0.1, 0.15) is 5.75 Å². The van der Waals surface area contributed by atoms with Crippen molar-refractivity contribution >= 4 is 17.4 Å². The molecule has 2 aromatic rings. The fraction of sp³-hybridized carbons (Fsp3) is 0.350. The topological polar surface area (TPSA) is 53.6 Å². The number of carbonyl (C=O) groups excluding carboxylic acids is 1. The van der Waals surface area contributed by atoms with E-state index in [1.54, 1.807) is 7.11 Å². The van der Waals surface area contributed by atoms with Crippen LogP contribution in [0.15, 0.2) is 48.5 Å². The molecule has 0 bridgehead atoms. The monoisotopic (exact) mass is 339 g/mol. The number of methoxy groups -OCH3 is 1. The molecular formula is C20H25N3O2. The molecule has 3 rings (SSSR count). The molecule has 1 atom stereocenters. The first kappa shape index (κ1) is 17.1. The first-order chi connectivity index (χ1) is 12.2. The second-order valence-corrected chi connectivity index (χ2v) is 6.48. The van der Waals surface area contributed by atoms with Crippen LogP contribution in [0.25, 0.3) is 0 Å². The molecule has 25 heavy (non-hydrogen) atoms. The lowest BCUT2D eigenvalue weighted by Gasteiger charge is -2.21. The van der Waals surface area contributed by atoms with Gasteiger partial charge in [0.15, 0.2) is 0 Å². The minimum Gasteiger partial charge on any atom is -0.495 e. The number of benzene rings is 2. The summed E-state index contributed by atoms with van der Waals surface area (Å²) < 4.78 is 5.45. The Morgan fingerprint density at radius 2 is 2.08 bits per heavy atom. The van der Waals surface area contributed by atoms with Crippen LogP contribution in [0.3, 0.4) is 0 Å². The van der Waals surface area contributed by atoms with E-state index in [-0.39, 0.29) is 6.03 Å². The van der Waals surface area contributed by atoms with Crippen molar-refractivity contribution in [1.29, 1.82) is 0 Å². The maximum absolute atomic E-state index is 12.1. The molecule has 5 heteroatoms. The van der Waals surface area contributed by atoms with E-state index in [2.05, 4.69) is 21.6 Å². The van der Waals surface area contributed by atoms with Crippen LogP contribution >= 0.6 is 0 Å². The van der Waals surface area contributed by atoms with E-state index < -0.39 is 0 Å². The molecular weight excluding hydrogens is 314 g/mol. The highest BCUT2D eigenvalue weighted by molar-refractivity contribution is 5.89. The summed E-state index contributed by atoms with van der Waals surface area (Å²) in [5.74, 6) is 1.33. The second-order valence-electron chi connectivity index (χ2n) is 6.48. The predicted octanol–water partition coefficient (Wildman–Crippen LogP) is 3.65. The molecule has 0 saturated carbocycles. The van der Waals surface area contributed by atoms with Crippen LogP contribution in [-0.2, 0) is 0 Å². The van der Waals surface area contributed by atoms with E-state index in [0.717, 1.165) is 42.2 Å². The molecule has 132 valence electrons. The Hall–Kier alpha value is -2.69. The number of rotatable bonds is 5. The number of carbonyl (C=O) groups is 1. The van der Waals surface area contributed by atoms with Crippen molar-refractivity contribution in [2.24, 2.45) is 5.92 Å². The van der Waals surface area contributed by atoms with Crippen molar-refractivity contribution in [1.82, 2.24) is 5.32 Å². The maximum atomic E-state index is 12.1. The Labute approximate surface area is 149 Å². The van der Waals surface area contributed by atoms with Crippen LogP contribution in [0.5, 0.6) is 5.75 Å². The molecule has 2 amide bonds. The Morgan fingerprint density at radius 3 is 2.88 bits per heavy atom. The van der Waals surface area contributed by atoms with E-state index in [0.29, 0.717) is 12.5 Å². The molecule has 0 aliphatic carbocycles. The quantitative estimate of drug-likeness (QED) is 0.874. The second kappa shape index (κ2) is 7.92. The van der Waals surface area contributed by atoms with Crippen molar-refractivity contribution in [3.63, 3.8) is 0 Å². The van der Waals surface area contributed by atoms with Crippen LogP contribution in [0, 0.1) is 12.8 Å². The Bertz CT molecular complexity index is 732. The van der Waals surface area contributed by atoms with Gasteiger partial charge >= 0.3 is 6.03 Å². The fourth-order valence-corrected chi connectivity index (χ4v) is 3.24. The van der Waals surface area contributed by atoms with Gasteiger partial charge in [0.2, 0.25) is 0 Å². The number of para-hydroxylation sites is 2. The molecule has 0 radical (unpaired) electrons. The summed E-state index contributed by atoms with van der Waals surface area (Å²) in [5, 5.41) is 5.87. The molecule has 1 fully saturated rings. The maximum Gasteiger partial charge on any atom is 0.319 e. The standard InChI is InChI=1S/C20H25N3O2/c1-15-6-5-7-17(12-15)22-20(24)21-13-16-10-11-23(14-16)18-8-3-4-9-19(18)25-2/h3-9,12,16H,10-11,13-14H2,1-2H3,(H2,21,22,24)/t16-/m0/s1. The van der Waals surface area contributed by atoms with Crippen LogP contribution < -0.4 is 20.3 Å². The smallest absolute Gasteiger partial charge is 0.319 e. The molecule has 1 saturated heterocycles. The fourth-order valence-electron chi connectivity index (χ4n) is 3.24. The highest BCUT2D eigenvalue weighted by Gasteiger charge is 2.24. The molecule has 1 aliphatic rings. The summed E-state index contributed by atoms with van der Waals surface area (Å²) in [6, 6.07) is 15.7. The number of hydrogen-bond acceptors (Lipinski definition) is 3. The summed E-state index contributed by atoms with van der Waals surface area (Å²) in [5.41, 5.74) is 3.07. The van der Waals surface area contributed by atoms with E-state index in [1.165, 1.54) is 0 Å². The molecule has 0 spiro atoms. The molecule has 2 aromatic carbocycles. The van der Waals surface area contributed by atoms with Crippen molar-refractivity contribution in [3.05, 3.63) is 54.1 Å². The van der Waals surface area contributed by atoms with Crippen molar-refractivity contribution in [2.75, 3.05) is 37.0 Å². The zero-order chi connectivity index (χ0) is 17.6. The van der Waals surface area contributed by atoms with Gasteiger partial charge in [0.25, 0.3) is 0 Å². The average Bonchev–Trinajstić information content (AvgIpc) is 3.09. The number of ether oxygens (including phenoxy) is 1. The van der Waals surface area contributed by atoms with Crippen LogP contribution in [0.2, 0.25) is 0 Å². The zero-order valence-corrected chi connectivity index (χ0v) is 14.8. The van der Waals surface area contributed by atoms with Gasteiger partial charge in [0.05, 0.1) is 12.8 Å². The summed E-state index contributed by atoms with van der Waals surface area (Å²) in [7, 11) is 1.70. The molecule has 0 aromatic heterocycles. The lowest BCUT2D eigenvalue weighted by atomic mass is 10.1.